The number of carbonyl (C=O) groups excluding carboxylic acids is 1. The first kappa shape index (κ1) is 15.8. The molecule has 1 aliphatic heterocycles. The molecule has 0 radical (unpaired) electrons. The Bertz CT molecular complexity index is 526. The van der Waals surface area contributed by atoms with Crippen molar-refractivity contribution in [3.63, 3.8) is 0 Å². The molecule has 0 bridgehead atoms. The van der Waals surface area contributed by atoms with Gasteiger partial charge in [0.25, 0.3) is 0 Å². The molecule has 0 aliphatic carbocycles. The molecule has 21 heavy (non-hydrogen) atoms. The maximum absolute atomic E-state index is 12.2. The van der Waals surface area contributed by atoms with E-state index in [0.717, 1.165) is 5.56 Å². The third-order valence-corrected chi connectivity index (χ3v) is 4.02. The number of ether oxygens (including phenoxy) is 1. The Morgan fingerprint density at radius 2 is 1.95 bits per heavy atom. The normalized spacial score (nSPS) is 17.2. The minimum absolute atomic E-state index is 0.0926. The summed E-state index contributed by atoms with van der Waals surface area (Å²) < 4.78 is 5.26. The number of carbonyl (C=O) groups is 2. The largest absolute Gasteiger partial charge is 0.481 e. The minimum atomic E-state index is -0.921. The van der Waals surface area contributed by atoms with Crippen LogP contribution in [0.25, 0.3) is 0 Å². The van der Waals surface area contributed by atoms with Crippen LogP contribution in [0.15, 0.2) is 24.3 Å². The van der Waals surface area contributed by atoms with E-state index in [9.17, 15) is 9.59 Å². The highest BCUT2D eigenvalue weighted by atomic mass is 35.5. The summed E-state index contributed by atoms with van der Waals surface area (Å²) in [7, 11) is 0. The number of aliphatic carboxylic acids is 1. The quantitative estimate of drug-likeness (QED) is 0.872. The Morgan fingerprint density at radius 1 is 1.29 bits per heavy atom. The maximum atomic E-state index is 12.2. The van der Waals surface area contributed by atoms with E-state index in [1.165, 1.54) is 0 Å². The lowest BCUT2D eigenvalue weighted by atomic mass is 9.86. The predicted molar refractivity (Wildman–Crippen MR) is 78.3 cm³/mol. The van der Waals surface area contributed by atoms with Gasteiger partial charge in [-0.2, -0.15) is 0 Å². The second-order valence-electron chi connectivity index (χ2n) is 5.28. The number of carboxylic acid groups (broad SMARTS) is 1. The highest BCUT2D eigenvalue weighted by molar-refractivity contribution is 6.31. The monoisotopic (exact) mass is 311 g/mol. The molecule has 0 aromatic heterocycles. The van der Waals surface area contributed by atoms with Crippen LogP contribution >= 0.6 is 11.6 Å². The van der Waals surface area contributed by atoms with Crippen molar-refractivity contribution in [2.75, 3.05) is 13.2 Å². The molecule has 2 rings (SSSR count). The van der Waals surface area contributed by atoms with Crippen molar-refractivity contribution in [2.24, 2.45) is 0 Å². The first-order valence-electron chi connectivity index (χ1n) is 6.85. The van der Waals surface area contributed by atoms with Crippen molar-refractivity contribution in [2.45, 2.75) is 31.2 Å². The van der Waals surface area contributed by atoms with Gasteiger partial charge in [0, 0.05) is 18.2 Å². The van der Waals surface area contributed by atoms with Crippen molar-refractivity contribution >= 4 is 23.5 Å². The number of carboxylic acids is 1. The van der Waals surface area contributed by atoms with Gasteiger partial charge in [-0.05, 0) is 24.5 Å². The van der Waals surface area contributed by atoms with Gasteiger partial charge in [-0.3, -0.25) is 9.59 Å². The van der Waals surface area contributed by atoms with E-state index in [2.05, 4.69) is 5.32 Å². The fraction of sp³-hybridized carbons (Fsp3) is 0.467. The zero-order valence-electron chi connectivity index (χ0n) is 11.6. The summed E-state index contributed by atoms with van der Waals surface area (Å²) in [4.78, 5) is 23.3. The molecule has 1 amide bonds. The Labute approximate surface area is 128 Å². The molecule has 0 spiro atoms. The Morgan fingerprint density at radius 3 is 2.57 bits per heavy atom. The summed E-state index contributed by atoms with van der Waals surface area (Å²) >= 11 is 6.04. The fourth-order valence-corrected chi connectivity index (χ4v) is 2.75. The summed E-state index contributed by atoms with van der Waals surface area (Å²) in [5.74, 6) is -1.14. The average molecular weight is 312 g/mol. The van der Waals surface area contributed by atoms with Gasteiger partial charge in [0.1, 0.15) is 0 Å². The second kappa shape index (κ2) is 6.91. The molecular formula is C15H18ClNO4. The predicted octanol–water partition coefficient (Wildman–Crippen LogP) is 2.02. The zero-order valence-corrected chi connectivity index (χ0v) is 12.4. The molecule has 0 saturated carbocycles. The summed E-state index contributed by atoms with van der Waals surface area (Å²) in [5.41, 5.74) is 0.0109. The van der Waals surface area contributed by atoms with Crippen LogP contribution in [0.2, 0.25) is 5.02 Å². The van der Waals surface area contributed by atoms with Crippen LogP contribution in [0, 0.1) is 0 Å². The third-order valence-electron chi connectivity index (χ3n) is 3.65. The SMILES string of the molecule is O=C(O)CC1(NC(=O)Cc2ccccc2Cl)CCOCC1. The van der Waals surface area contributed by atoms with Crippen LogP contribution in [0.3, 0.4) is 0 Å². The molecule has 0 atom stereocenters. The summed E-state index contributed by atoms with van der Waals surface area (Å²) in [6.07, 6.45) is 1.06. The Balaban J connectivity index is 2.04. The van der Waals surface area contributed by atoms with E-state index in [-0.39, 0.29) is 18.7 Å². The van der Waals surface area contributed by atoms with Crippen LogP contribution < -0.4 is 5.32 Å². The van der Waals surface area contributed by atoms with E-state index >= 15 is 0 Å². The van der Waals surface area contributed by atoms with Crippen LogP contribution in [0.1, 0.15) is 24.8 Å². The van der Waals surface area contributed by atoms with Crippen molar-refractivity contribution < 1.29 is 19.4 Å². The van der Waals surface area contributed by atoms with Gasteiger partial charge < -0.3 is 15.2 Å². The Hall–Kier alpha value is -1.59. The lowest BCUT2D eigenvalue weighted by Crippen LogP contribution is -2.53. The van der Waals surface area contributed by atoms with Crippen molar-refractivity contribution in [1.82, 2.24) is 5.32 Å². The van der Waals surface area contributed by atoms with Crippen molar-refractivity contribution in [1.29, 1.82) is 0 Å². The standard InChI is InChI=1S/C15H18ClNO4/c16-12-4-2-1-3-11(12)9-13(18)17-15(10-14(19)20)5-7-21-8-6-15/h1-4H,5-10H2,(H,17,18)(H,19,20). The van der Waals surface area contributed by atoms with Gasteiger partial charge in [-0.15, -0.1) is 0 Å². The molecule has 5 nitrogen and oxygen atoms in total. The lowest BCUT2D eigenvalue weighted by molar-refractivity contribution is -0.140. The molecule has 6 heteroatoms. The van der Waals surface area contributed by atoms with Crippen LogP contribution in [0.5, 0.6) is 0 Å². The van der Waals surface area contributed by atoms with Gasteiger partial charge in [0.15, 0.2) is 0 Å². The van der Waals surface area contributed by atoms with Gasteiger partial charge >= 0.3 is 5.97 Å². The van der Waals surface area contributed by atoms with Crippen LogP contribution in [-0.4, -0.2) is 35.7 Å². The molecule has 1 aliphatic rings. The average Bonchev–Trinajstić information content (AvgIpc) is 2.41. The smallest absolute Gasteiger partial charge is 0.305 e. The van der Waals surface area contributed by atoms with Crippen LogP contribution in [0.4, 0.5) is 0 Å². The molecule has 1 aromatic rings. The topological polar surface area (TPSA) is 75.6 Å². The van der Waals surface area contributed by atoms with E-state index in [0.29, 0.717) is 31.1 Å². The first-order valence-corrected chi connectivity index (χ1v) is 7.22. The van der Waals surface area contributed by atoms with Gasteiger partial charge in [0.05, 0.1) is 18.4 Å². The van der Waals surface area contributed by atoms with E-state index in [1.54, 1.807) is 18.2 Å². The molecule has 1 heterocycles. The molecule has 114 valence electrons. The molecule has 1 aromatic carbocycles. The van der Waals surface area contributed by atoms with Crippen molar-refractivity contribution in [3.8, 4) is 0 Å². The van der Waals surface area contributed by atoms with Gasteiger partial charge in [-0.1, -0.05) is 29.8 Å². The second-order valence-corrected chi connectivity index (χ2v) is 5.69. The Kier molecular flexibility index (Phi) is 5.20. The van der Waals surface area contributed by atoms with E-state index in [1.807, 2.05) is 6.07 Å². The van der Waals surface area contributed by atoms with Crippen molar-refractivity contribution in [3.05, 3.63) is 34.9 Å². The highest BCUT2D eigenvalue weighted by Gasteiger charge is 2.36. The third kappa shape index (κ3) is 4.44. The summed E-state index contributed by atoms with van der Waals surface area (Å²) in [6.45, 7) is 0.916. The molecule has 0 unspecified atom stereocenters. The minimum Gasteiger partial charge on any atom is -0.481 e. The molecule has 2 N–H and O–H groups in total. The fourth-order valence-electron chi connectivity index (χ4n) is 2.55. The molecule has 1 saturated heterocycles. The number of nitrogens with one attached hydrogen (secondary N) is 1. The van der Waals surface area contributed by atoms with E-state index < -0.39 is 11.5 Å². The molecular weight excluding hydrogens is 294 g/mol. The van der Waals surface area contributed by atoms with Gasteiger partial charge in [-0.25, -0.2) is 0 Å². The molecule has 1 fully saturated rings. The lowest BCUT2D eigenvalue weighted by Gasteiger charge is -2.36. The number of benzene rings is 1. The maximum Gasteiger partial charge on any atom is 0.305 e. The number of halogens is 1. The first-order chi connectivity index (χ1) is 10.0. The summed E-state index contributed by atoms with van der Waals surface area (Å²) in [5, 5.41) is 12.5. The number of rotatable bonds is 5. The number of hydrogen-bond donors (Lipinski definition) is 2. The summed E-state index contributed by atoms with van der Waals surface area (Å²) in [6, 6.07) is 7.13. The van der Waals surface area contributed by atoms with Crippen LogP contribution in [-0.2, 0) is 20.7 Å². The zero-order chi connectivity index (χ0) is 15.3. The van der Waals surface area contributed by atoms with Gasteiger partial charge in [0.2, 0.25) is 5.91 Å². The highest BCUT2D eigenvalue weighted by Crippen LogP contribution is 2.25. The van der Waals surface area contributed by atoms with E-state index in [4.69, 9.17) is 21.4 Å². The number of amides is 1. The number of hydrogen-bond acceptors (Lipinski definition) is 3.